The first-order valence-electron chi connectivity index (χ1n) is 7.81. The molecule has 0 aliphatic carbocycles. The molecule has 1 aromatic rings. The second kappa shape index (κ2) is 9.58. The Balaban J connectivity index is 1.64. The Bertz CT molecular complexity index is 511. The highest BCUT2D eigenvalue weighted by molar-refractivity contribution is 6.40. The summed E-state index contributed by atoms with van der Waals surface area (Å²) in [6, 6.07) is 3.14. The van der Waals surface area contributed by atoms with Crippen molar-refractivity contribution in [2.45, 2.75) is 25.7 Å². The third kappa shape index (κ3) is 6.38. The van der Waals surface area contributed by atoms with Crippen LogP contribution in [0, 0.1) is 5.92 Å². The molecule has 0 bridgehead atoms. The van der Waals surface area contributed by atoms with Gasteiger partial charge in [-0.3, -0.25) is 4.79 Å². The summed E-state index contributed by atoms with van der Waals surface area (Å²) in [4.78, 5) is 11.8. The molecular weight excluding hydrogens is 359 g/mol. The van der Waals surface area contributed by atoms with Crippen molar-refractivity contribution < 1.29 is 9.53 Å². The number of carbonyl (C=O) groups excluding carboxylic acids is 1. The second-order valence-corrected chi connectivity index (χ2v) is 6.88. The Morgan fingerprint density at radius 2 is 1.87 bits per heavy atom. The van der Waals surface area contributed by atoms with Crippen molar-refractivity contribution in [3.63, 3.8) is 0 Å². The summed E-state index contributed by atoms with van der Waals surface area (Å²) in [5.41, 5.74) is 0. The minimum Gasteiger partial charge on any atom is -0.489 e. The average Bonchev–Trinajstić information content (AvgIpc) is 2.52. The standard InChI is InChI=1S/C16H21Cl3N2O2/c17-12-9-13(18)16(14(19)10-12)23-8-7-21-15(22)2-1-11-3-5-20-6-4-11/h9-11,20H,1-8H2,(H,21,22). The van der Waals surface area contributed by atoms with E-state index in [1.165, 1.54) is 0 Å². The van der Waals surface area contributed by atoms with Gasteiger partial charge in [0.2, 0.25) is 5.91 Å². The molecule has 1 aromatic carbocycles. The van der Waals surface area contributed by atoms with E-state index in [4.69, 9.17) is 39.5 Å². The van der Waals surface area contributed by atoms with Crippen LogP contribution in [0.15, 0.2) is 12.1 Å². The molecule has 1 aliphatic heterocycles. The zero-order valence-electron chi connectivity index (χ0n) is 12.8. The van der Waals surface area contributed by atoms with Gasteiger partial charge in [0, 0.05) is 11.4 Å². The molecule has 0 atom stereocenters. The molecule has 23 heavy (non-hydrogen) atoms. The molecular formula is C16H21Cl3N2O2. The van der Waals surface area contributed by atoms with E-state index < -0.39 is 0 Å². The topological polar surface area (TPSA) is 50.4 Å². The Morgan fingerprint density at radius 3 is 2.52 bits per heavy atom. The van der Waals surface area contributed by atoms with Crippen molar-refractivity contribution >= 4 is 40.7 Å². The predicted octanol–water partition coefficient (Wildman–Crippen LogP) is 3.92. The molecule has 2 N–H and O–H groups in total. The molecule has 1 fully saturated rings. The van der Waals surface area contributed by atoms with Crippen molar-refractivity contribution in [3.05, 3.63) is 27.2 Å². The van der Waals surface area contributed by atoms with Gasteiger partial charge in [-0.25, -0.2) is 0 Å². The van der Waals surface area contributed by atoms with Crippen molar-refractivity contribution in [1.29, 1.82) is 0 Å². The second-order valence-electron chi connectivity index (χ2n) is 5.63. The quantitative estimate of drug-likeness (QED) is 0.706. The van der Waals surface area contributed by atoms with Crippen molar-refractivity contribution in [2.24, 2.45) is 5.92 Å². The van der Waals surface area contributed by atoms with Gasteiger partial charge in [0.15, 0.2) is 5.75 Å². The lowest BCUT2D eigenvalue weighted by molar-refractivity contribution is -0.121. The lowest BCUT2D eigenvalue weighted by atomic mass is 9.93. The summed E-state index contributed by atoms with van der Waals surface area (Å²) in [6.07, 6.45) is 3.82. The first-order chi connectivity index (χ1) is 11.1. The third-order valence-electron chi connectivity index (χ3n) is 3.87. The summed E-state index contributed by atoms with van der Waals surface area (Å²) in [5.74, 6) is 1.10. The van der Waals surface area contributed by atoms with E-state index in [0.29, 0.717) is 46.3 Å². The van der Waals surface area contributed by atoms with E-state index in [-0.39, 0.29) is 5.91 Å². The molecule has 128 valence electrons. The maximum atomic E-state index is 11.8. The van der Waals surface area contributed by atoms with Crippen LogP contribution in [0.25, 0.3) is 0 Å². The van der Waals surface area contributed by atoms with Crippen LogP contribution in [0.5, 0.6) is 5.75 Å². The normalized spacial score (nSPS) is 15.4. The molecule has 0 unspecified atom stereocenters. The zero-order chi connectivity index (χ0) is 16.7. The largest absolute Gasteiger partial charge is 0.489 e. The van der Waals surface area contributed by atoms with E-state index in [1.54, 1.807) is 12.1 Å². The lowest BCUT2D eigenvalue weighted by Crippen LogP contribution is -2.30. The Labute approximate surface area is 151 Å². The summed E-state index contributed by atoms with van der Waals surface area (Å²) in [7, 11) is 0. The lowest BCUT2D eigenvalue weighted by Gasteiger charge is -2.22. The van der Waals surface area contributed by atoms with Crippen molar-refractivity contribution in [1.82, 2.24) is 10.6 Å². The Kier molecular flexibility index (Phi) is 7.77. The summed E-state index contributed by atoms with van der Waals surface area (Å²) in [5, 5.41) is 7.36. The van der Waals surface area contributed by atoms with Gasteiger partial charge in [0.25, 0.3) is 0 Å². The highest BCUT2D eigenvalue weighted by Crippen LogP contribution is 2.35. The number of hydrogen-bond donors (Lipinski definition) is 2. The van der Waals surface area contributed by atoms with Crippen LogP contribution >= 0.6 is 34.8 Å². The molecule has 0 aromatic heterocycles. The molecule has 0 radical (unpaired) electrons. The average molecular weight is 380 g/mol. The summed E-state index contributed by atoms with van der Waals surface area (Å²) >= 11 is 17.9. The predicted molar refractivity (Wildman–Crippen MR) is 94.8 cm³/mol. The number of amides is 1. The number of rotatable bonds is 7. The van der Waals surface area contributed by atoms with Crippen LogP contribution in [-0.4, -0.2) is 32.1 Å². The minimum absolute atomic E-state index is 0.0560. The first-order valence-corrected chi connectivity index (χ1v) is 8.94. The first kappa shape index (κ1) is 18.7. The van der Waals surface area contributed by atoms with Gasteiger partial charge in [-0.2, -0.15) is 0 Å². The third-order valence-corrected chi connectivity index (χ3v) is 4.65. The van der Waals surface area contributed by atoms with Crippen LogP contribution < -0.4 is 15.4 Å². The van der Waals surface area contributed by atoms with Crippen LogP contribution in [0.1, 0.15) is 25.7 Å². The van der Waals surface area contributed by atoms with Gasteiger partial charge in [0.05, 0.1) is 16.6 Å². The number of carbonyl (C=O) groups is 1. The Hall–Kier alpha value is -0.680. The SMILES string of the molecule is O=C(CCC1CCNCC1)NCCOc1c(Cl)cc(Cl)cc1Cl. The molecule has 0 spiro atoms. The monoisotopic (exact) mass is 378 g/mol. The van der Waals surface area contributed by atoms with Crippen LogP contribution in [-0.2, 0) is 4.79 Å². The van der Waals surface area contributed by atoms with E-state index in [9.17, 15) is 4.79 Å². The highest BCUT2D eigenvalue weighted by Gasteiger charge is 2.14. The minimum atomic E-state index is 0.0560. The summed E-state index contributed by atoms with van der Waals surface area (Å²) < 4.78 is 5.52. The Morgan fingerprint density at radius 1 is 1.22 bits per heavy atom. The molecule has 1 amide bonds. The van der Waals surface area contributed by atoms with E-state index in [0.717, 1.165) is 32.4 Å². The molecule has 1 saturated heterocycles. The van der Waals surface area contributed by atoms with Gasteiger partial charge in [0.1, 0.15) is 6.61 Å². The van der Waals surface area contributed by atoms with E-state index in [2.05, 4.69) is 10.6 Å². The maximum absolute atomic E-state index is 11.8. The molecule has 0 saturated carbocycles. The summed E-state index contributed by atoms with van der Waals surface area (Å²) in [6.45, 7) is 2.84. The highest BCUT2D eigenvalue weighted by atomic mass is 35.5. The van der Waals surface area contributed by atoms with Gasteiger partial charge >= 0.3 is 0 Å². The molecule has 2 rings (SSSR count). The number of nitrogens with one attached hydrogen (secondary N) is 2. The molecule has 7 heteroatoms. The van der Waals surface area contributed by atoms with Gasteiger partial charge in [-0.05, 0) is 50.4 Å². The van der Waals surface area contributed by atoms with Crippen LogP contribution in [0.3, 0.4) is 0 Å². The molecule has 1 heterocycles. The number of ether oxygens (including phenoxy) is 1. The zero-order valence-corrected chi connectivity index (χ0v) is 15.1. The fourth-order valence-corrected chi connectivity index (χ4v) is 3.53. The van der Waals surface area contributed by atoms with E-state index in [1.807, 2.05) is 0 Å². The fourth-order valence-electron chi connectivity index (χ4n) is 2.60. The van der Waals surface area contributed by atoms with Crippen LogP contribution in [0.4, 0.5) is 0 Å². The fraction of sp³-hybridized carbons (Fsp3) is 0.562. The molecule has 4 nitrogen and oxygen atoms in total. The number of halogens is 3. The van der Waals surface area contributed by atoms with Gasteiger partial charge < -0.3 is 15.4 Å². The van der Waals surface area contributed by atoms with Gasteiger partial charge in [-0.1, -0.05) is 34.8 Å². The smallest absolute Gasteiger partial charge is 0.220 e. The van der Waals surface area contributed by atoms with Crippen molar-refractivity contribution in [3.8, 4) is 5.75 Å². The number of piperidine rings is 1. The van der Waals surface area contributed by atoms with Gasteiger partial charge in [-0.15, -0.1) is 0 Å². The number of benzene rings is 1. The van der Waals surface area contributed by atoms with Crippen molar-refractivity contribution in [2.75, 3.05) is 26.2 Å². The van der Waals surface area contributed by atoms with Crippen LogP contribution in [0.2, 0.25) is 15.1 Å². The maximum Gasteiger partial charge on any atom is 0.220 e. The molecule has 1 aliphatic rings. The van der Waals surface area contributed by atoms with E-state index >= 15 is 0 Å². The number of hydrogen-bond acceptors (Lipinski definition) is 3.